The molecule has 2 amide bonds. The van der Waals surface area contributed by atoms with Crippen LogP contribution in [0.25, 0.3) is 0 Å². The van der Waals surface area contributed by atoms with E-state index in [0.29, 0.717) is 5.56 Å². The second-order valence-corrected chi connectivity index (χ2v) is 5.81. The molecule has 1 aliphatic rings. The number of amides is 2. The van der Waals surface area contributed by atoms with Gasteiger partial charge >= 0.3 is 5.97 Å². The van der Waals surface area contributed by atoms with Crippen molar-refractivity contribution in [2.24, 2.45) is 5.92 Å². The lowest BCUT2D eigenvalue weighted by Gasteiger charge is -2.19. The van der Waals surface area contributed by atoms with Crippen molar-refractivity contribution < 1.29 is 19.1 Å². The highest BCUT2D eigenvalue weighted by Crippen LogP contribution is 2.24. The molecule has 6 nitrogen and oxygen atoms in total. The van der Waals surface area contributed by atoms with E-state index in [1.165, 1.54) is 0 Å². The number of hydrazine groups is 1. The molecule has 1 fully saturated rings. The van der Waals surface area contributed by atoms with Crippen molar-refractivity contribution in [1.82, 2.24) is 10.9 Å². The van der Waals surface area contributed by atoms with E-state index in [1.54, 1.807) is 12.1 Å². The zero-order valence-corrected chi connectivity index (χ0v) is 13.3. The molecule has 0 radical (unpaired) electrons. The highest BCUT2D eigenvalue weighted by atomic mass is 16.5. The third-order valence-electron chi connectivity index (χ3n) is 3.91. The lowest BCUT2D eigenvalue weighted by Crippen LogP contribution is -2.43. The Kier molecular flexibility index (Phi) is 6.14. The van der Waals surface area contributed by atoms with Crippen molar-refractivity contribution in [3.63, 3.8) is 0 Å². The summed E-state index contributed by atoms with van der Waals surface area (Å²) >= 11 is 0. The Balaban J connectivity index is 1.69. The standard InChI is InChI=1S/C17H22N2O4/c1-12-7-9-13(10-8-12)16(21)19-18-15(20)11-23-17(22)14-5-3-2-4-6-14/h7-10,14H,2-6,11H2,1H3,(H,18,20)(H,19,21). The molecule has 0 bridgehead atoms. The Morgan fingerprint density at radius 3 is 2.35 bits per heavy atom. The molecule has 0 spiro atoms. The Hall–Kier alpha value is -2.37. The summed E-state index contributed by atoms with van der Waals surface area (Å²) in [5.41, 5.74) is 6.01. The first-order valence-electron chi connectivity index (χ1n) is 7.89. The van der Waals surface area contributed by atoms with Gasteiger partial charge in [-0.3, -0.25) is 25.2 Å². The highest BCUT2D eigenvalue weighted by Gasteiger charge is 2.23. The van der Waals surface area contributed by atoms with E-state index in [-0.39, 0.29) is 18.5 Å². The summed E-state index contributed by atoms with van der Waals surface area (Å²) in [6.07, 6.45) is 4.85. The second kappa shape index (κ2) is 8.31. The predicted molar refractivity (Wildman–Crippen MR) is 84.3 cm³/mol. The van der Waals surface area contributed by atoms with Gasteiger partial charge < -0.3 is 4.74 Å². The van der Waals surface area contributed by atoms with Crippen molar-refractivity contribution in [3.8, 4) is 0 Å². The lowest BCUT2D eigenvalue weighted by atomic mass is 9.89. The van der Waals surface area contributed by atoms with Crippen molar-refractivity contribution in [2.45, 2.75) is 39.0 Å². The molecule has 1 aromatic carbocycles. The molecule has 0 heterocycles. The molecular weight excluding hydrogens is 296 g/mol. The van der Waals surface area contributed by atoms with Crippen LogP contribution in [0.2, 0.25) is 0 Å². The van der Waals surface area contributed by atoms with Crippen LogP contribution in [-0.2, 0) is 14.3 Å². The normalized spacial score (nSPS) is 14.8. The summed E-state index contributed by atoms with van der Waals surface area (Å²) in [7, 11) is 0. The maximum absolute atomic E-state index is 11.8. The van der Waals surface area contributed by atoms with Crippen LogP contribution >= 0.6 is 0 Å². The van der Waals surface area contributed by atoms with Gasteiger partial charge in [-0.15, -0.1) is 0 Å². The Bertz CT molecular complexity index is 562. The quantitative estimate of drug-likeness (QED) is 0.656. The van der Waals surface area contributed by atoms with Crippen LogP contribution in [0.4, 0.5) is 0 Å². The minimum Gasteiger partial charge on any atom is -0.455 e. The molecule has 0 aliphatic heterocycles. The molecule has 1 aliphatic carbocycles. The summed E-state index contributed by atoms with van der Waals surface area (Å²) in [5, 5.41) is 0. The number of carbonyl (C=O) groups excluding carboxylic acids is 3. The number of nitrogens with one attached hydrogen (secondary N) is 2. The van der Waals surface area contributed by atoms with Gasteiger partial charge in [-0.25, -0.2) is 0 Å². The minimum absolute atomic E-state index is 0.0984. The van der Waals surface area contributed by atoms with Crippen LogP contribution in [0.15, 0.2) is 24.3 Å². The van der Waals surface area contributed by atoms with Crippen molar-refractivity contribution in [3.05, 3.63) is 35.4 Å². The number of benzene rings is 1. The van der Waals surface area contributed by atoms with E-state index in [4.69, 9.17) is 4.74 Å². The van der Waals surface area contributed by atoms with Gasteiger partial charge in [0.2, 0.25) is 0 Å². The number of aryl methyl sites for hydroxylation is 1. The molecule has 6 heteroatoms. The zero-order chi connectivity index (χ0) is 16.7. The van der Waals surface area contributed by atoms with E-state index in [9.17, 15) is 14.4 Å². The largest absolute Gasteiger partial charge is 0.455 e. The SMILES string of the molecule is Cc1ccc(C(=O)NNC(=O)COC(=O)C2CCCCC2)cc1. The summed E-state index contributed by atoms with van der Waals surface area (Å²) < 4.78 is 4.99. The molecule has 1 aromatic rings. The summed E-state index contributed by atoms with van der Waals surface area (Å²) in [5.74, 6) is -1.41. The van der Waals surface area contributed by atoms with E-state index in [0.717, 1.165) is 37.7 Å². The van der Waals surface area contributed by atoms with Gasteiger partial charge in [0.1, 0.15) is 0 Å². The van der Waals surface area contributed by atoms with Crippen molar-refractivity contribution in [2.75, 3.05) is 6.61 Å². The van der Waals surface area contributed by atoms with Crippen LogP contribution in [0.3, 0.4) is 0 Å². The van der Waals surface area contributed by atoms with Gasteiger partial charge in [-0.05, 0) is 31.9 Å². The van der Waals surface area contributed by atoms with Crippen molar-refractivity contribution >= 4 is 17.8 Å². The van der Waals surface area contributed by atoms with E-state index >= 15 is 0 Å². The fourth-order valence-electron chi connectivity index (χ4n) is 2.53. The lowest BCUT2D eigenvalue weighted by molar-refractivity contribution is -0.153. The number of hydrogen-bond acceptors (Lipinski definition) is 4. The van der Waals surface area contributed by atoms with E-state index < -0.39 is 11.8 Å². The Morgan fingerprint density at radius 2 is 1.70 bits per heavy atom. The fraction of sp³-hybridized carbons (Fsp3) is 0.471. The van der Waals surface area contributed by atoms with Crippen LogP contribution in [0.5, 0.6) is 0 Å². The Labute approximate surface area is 135 Å². The highest BCUT2D eigenvalue weighted by molar-refractivity contribution is 5.95. The first-order chi connectivity index (χ1) is 11.1. The maximum Gasteiger partial charge on any atom is 0.309 e. The molecule has 2 N–H and O–H groups in total. The van der Waals surface area contributed by atoms with Gasteiger partial charge in [-0.1, -0.05) is 37.0 Å². The summed E-state index contributed by atoms with van der Waals surface area (Å²) in [4.78, 5) is 35.2. The summed E-state index contributed by atoms with van der Waals surface area (Å²) in [6.45, 7) is 1.54. The van der Waals surface area contributed by atoms with Crippen LogP contribution < -0.4 is 10.9 Å². The first kappa shape index (κ1) is 17.0. The van der Waals surface area contributed by atoms with Crippen LogP contribution in [0.1, 0.15) is 48.0 Å². The van der Waals surface area contributed by atoms with Gasteiger partial charge in [0.15, 0.2) is 6.61 Å². The number of carbonyl (C=O) groups is 3. The smallest absolute Gasteiger partial charge is 0.309 e. The summed E-state index contributed by atoms with van der Waals surface area (Å²) in [6, 6.07) is 6.95. The first-order valence-corrected chi connectivity index (χ1v) is 7.89. The zero-order valence-electron chi connectivity index (χ0n) is 13.3. The molecule has 23 heavy (non-hydrogen) atoms. The molecule has 0 atom stereocenters. The molecule has 0 aromatic heterocycles. The van der Waals surface area contributed by atoms with E-state index in [1.807, 2.05) is 19.1 Å². The molecule has 0 unspecified atom stereocenters. The molecular formula is C17H22N2O4. The predicted octanol–water partition coefficient (Wildman–Crippen LogP) is 1.88. The molecule has 2 rings (SSSR count). The maximum atomic E-state index is 11.8. The number of hydrogen-bond donors (Lipinski definition) is 2. The molecule has 1 saturated carbocycles. The average Bonchev–Trinajstić information content (AvgIpc) is 2.59. The van der Waals surface area contributed by atoms with Crippen LogP contribution in [-0.4, -0.2) is 24.4 Å². The number of rotatable bonds is 4. The van der Waals surface area contributed by atoms with Gasteiger partial charge in [0.05, 0.1) is 5.92 Å². The van der Waals surface area contributed by atoms with Crippen LogP contribution in [0, 0.1) is 12.8 Å². The average molecular weight is 318 g/mol. The molecule has 124 valence electrons. The third-order valence-corrected chi connectivity index (χ3v) is 3.91. The Morgan fingerprint density at radius 1 is 1.04 bits per heavy atom. The number of ether oxygens (including phenoxy) is 1. The van der Waals surface area contributed by atoms with Gasteiger partial charge in [0.25, 0.3) is 11.8 Å². The topological polar surface area (TPSA) is 84.5 Å². The second-order valence-electron chi connectivity index (χ2n) is 5.81. The van der Waals surface area contributed by atoms with Crippen molar-refractivity contribution in [1.29, 1.82) is 0 Å². The fourth-order valence-corrected chi connectivity index (χ4v) is 2.53. The number of esters is 1. The minimum atomic E-state index is -0.561. The van der Waals surface area contributed by atoms with E-state index in [2.05, 4.69) is 10.9 Å². The van der Waals surface area contributed by atoms with Gasteiger partial charge in [0, 0.05) is 5.56 Å². The van der Waals surface area contributed by atoms with Gasteiger partial charge in [-0.2, -0.15) is 0 Å². The monoisotopic (exact) mass is 318 g/mol. The molecule has 0 saturated heterocycles. The third kappa shape index (κ3) is 5.39.